The summed E-state index contributed by atoms with van der Waals surface area (Å²) < 4.78 is 69.2. The van der Waals surface area contributed by atoms with Crippen molar-refractivity contribution in [3.05, 3.63) is 120 Å². The molecule has 0 heterocycles. The molecule has 0 aliphatic heterocycles. The van der Waals surface area contributed by atoms with E-state index in [1.807, 2.05) is 24.3 Å². The van der Waals surface area contributed by atoms with Crippen LogP contribution in [-0.2, 0) is 20.2 Å². The Kier molecular flexibility index (Phi) is 8.56. The van der Waals surface area contributed by atoms with Crippen molar-refractivity contribution < 1.29 is 36.2 Å². The molecule has 0 radical (unpaired) electrons. The van der Waals surface area contributed by atoms with Gasteiger partial charge in [-0.3, -0.25) is 9.11 Å². The number of aromatic hydroxyl groups is 2. The summed E-state index contributed by atoms with van der Waals surface area (Å²) in [5, 5.41) is 39.8. The first kappa shape index (κ1) is 32.2. The van der Waals surface area contributed by atoms with E-state index in [1.165, 1.54) is 48.6 Å². The third-order valence-electron chi connectivity index (χ3n) is 7.28. The molecule has 0 saturated carbocycles. The Balaban J connectivity index is 1.33. The van der Waals surface area contributed by atoms with Crippen molar-refractivity contribution >= 4 is 76.7 Å². The molecule has 240 valence electrons. The highest BCUT2D eigenvalue weighted by Gasteiger charge is 2.18. The molecule has 0 fully saturated rings. The quantitative estimate of drug-likeness (QED) is 0.0693. The van der Waals surface area contributed by atoms with Crippen molar-refractivity contribution in [2.75, 3.05) is 0 Å². The van der Waals surface area contributed by atoms with Crippen molar-refractivity contribution in [1.82, 2.24) is 0 Å². The fourth-order valence-electron chi connectivity index (χ4n) is 4.99. The van der Waals surface area contributed by atoms with Gasteiger partial charge in [0.05, 0.1) is 11.4 Å². The van der Waals surface area contributed by atoms with E-state index in [0.717, 1.165) is 22.9 Å². The van der Waals surface area contributed by atoms with Crippen LogP contribution in [0, 0.1) is 0 Å². The van der Waals surface area contributed by atoms with Crippen LogP contribution in [0.15, 0.2) is 139 Å². The van der Waals surface area contributed by atoms with Crippen molar-refractivity contribution in [2.24, 2.45) is 20.5 Å². The van der Waals surface area contributed by atoms with Gasteiger partial charge in [-0.25, -0.2) is 0 Å². The summed E-state index contributed by atoms with van der Waals surface area (Å²) >= 11 is 0. The number of benzene rings is 6. The van der Waals surface area contributed by atoms with Crippen molar-refractivity contribution in [3.63, 3.8) is 0 Å². The monoisotopic (exact) mass is 680 g/mol. The van der Waals surface area contributed by atoms with E-state index in [0.29, 0.717) is 10.8 Å². The number of hydrogen-bond donors (Lipinski definition) is 4. The second-order valence-corrected chi connectivity index (χ2v) is 13.2. The van der Waals surface area contributed by atoms with Crippen LogP contribution >= 0.6 is 0 Å². The zero-order valence-electron chi connectivity index (χ0n) is 24.6. The summed E-state index contributed by atoms with van der Waals surface area (Å²) in [7, 11) is -9.60. The Hall–Kier alpha value is -5.80. The van der Waals surface area contributed by atoms with Crippen LogP contribution in [-0.4, -0.2) is 36.2 Å². The molecular weight excluding hydrogens is 657 g/mol. The lowest BCUT2D eigenvalue weighted by Crippen LogP contribution is -2.01. The minimum atomic E-state index is -4.80. The highest BCUT2D eigenvalue weighted by Crippen LogP contribution is 2.38. The highest BCUT2D eigenvalue weighted by atomic mass is 32.2. The lowest BCUT2D eigenvalue weighted by Gasteiger charge is -2.07. The maximum Gasteiger partial charge on any atom is 0.295 e. The van der Waals surface area contributed by atoms with E-state index in [4.69, 9.17) is 0 Å². The number of phenolic OH excluding ortho intramolecular Hbond substituents is 2. The summed E-state index contributed by atoms with van der Waals surface area (Å²) in [6.45, 7) is 0. The molecular formula is C34H24N4O8S2. The van der Waals surface area contributed by atoms with Gasteiger partial charge in [-0.05, 0) is 58.3 Å². The maximum absolute atomic E-state index is 12.3. The molecule has 48 heavy (non-hydrogen) atoms. The van der Waals surface area contributed by atoms with Crippen LogP contribution < -0.4 is 0 Å². The summed E-state index contributed by atoms with van der Waals surface area (Å²) in [4.78, 5) is -1.10. The smallest absolute Gasteiger partial charge is 0.295 e. The third kappa shape index (κ3) is 6.82. The Morgan fingerprint density at radius 1 is 0.479 bits per heavy atom. The van der Waals surface area contributed by atoms with Crippen LogP contribution in [0.5, 0.6) is 11.5 Å². The van der Waals surface area contributed by atoms with Crippen molar-refractivity contribution in [1.29, 1.82) is 0 Å². The summed E-state index contributed by atoms with van der Waals surface area (Å²) in [6.07, 6.45) is 2.47. The average molecular weight is 681 g/mol. The van der Waals surface area contributed by atoms with Crippen molar-refractivity contribution in [3.8, 4) is 11.5 Å². The average Bonchev–Trinajstić information content (AvgIpc) is 3.06. The largest absolute Gasteiger partial charge is 0.506 e. The summed E-state index contributed by atoms with van der Waals surface area (Å²) in [5.41, 5.74) is 0.359. The fraction of sp³-hybridized carbons (Fsp3) is 0. The van der Waals surface area contributed by atoms with Gasteiger partial charge in [0.2, 0.25) is 0 Å². The number of phenols is 2. The maximum atomic E-state index is 12.3. The van der Waals surface area contributed by atoms with Gasteiger partial charge in [0.1, 0.15) is 32.7 Å². The molecule has 0 bridgehead atoms. The van der Waals surface area contributed by atoms with E-state index in [9.17, 15) is 36.2 Å². The molecule has 0 unspecified atom stereocenters. The first-order valence-corrected chi connectivity index (χ1v) is 16.9. The number of hydrogen-bond acceptors (Lipinski definition) is 10. The van der Waals surface area contributed by atoms with Crippen LogP contribution in [0.4, 0.5) is 22.7 Å². The number of fused-ring (bicyclic) bond motifs is 2. The molecule has 4 N–H and O–H groups in total. The first-order chi connectivity index (χ1) is 22.9. The van der Waals surface area contributed by atoms with Crippen LogP contribution in [0.1, 0.15) is 11.1 Å². The Labute approximate surface area is 274 Å². The van der Waals surface area contributed by atoms with Crippen LogP contribution in [0.3, 0.4) is 0 Å². The lowest BCUT2D eigenvalue weighted by molar-refractivity contribution is 0.476. The van der Waals surface area contributed by atoms with Gasteiger partial charge in [-0.15, -0.1) is 10.2 Å². The van der Waals surface area contributed by atoms with Gasteiger partial charge >= 0.3 is 0 Å². The second-order valence-electron chi connectivity index (χ2n) is 10.4. The molecule has 0 saturated heterocycles. The minimum absolute atomic E-state index is 0.0269. The van der Waals surface area contributed by atoms with E-state index in [-0.39, 0.29) is 45.4 Å². The standard InChI is InChI=1S/C34H24N4O8S2/c39-29-17-13-21-5-1-3-7-27(21)33(29)37-35-25-15-11-23(31(19-25)47(41,42)43)9-10-24-12-16-26(20-32(24)48(44,45)46)36-38-34-28-8-4-2-6-22(28)14-18-30(34)40/h1-20,39-40H,(H,41,42,43)(H,44,45,46)/b10-9-,37-35?,38-36?. The zero-order chi connectivity index (χ0) is 34.1. The van der Waals surface area contributed by atoms with Gasteiger partial charge < -0.3 is 10.2 Å². The van der Waals surface area contributed by atoms with Gasteiger partial charge in [0.15, 0.2) is 0 Å². The summed E-state index contributed by atoms with van der Waals surface area (Å²) in [5.74, 6) is -0.276. The third-order valence-corrected chi connectivity index (χ3v) is 9.10. The Morgan fingerprint density at radius 3 is 1.27 bits per heavy atom. The molecule has 0 spiro atoms. The Morgan fingerprint density at radius 2 is 0.875 bits per heavy atom. The lowest BCUT2D eigenvalue weighted by atomic mass is 10.1. The Bertz CT molecular complexity index is 2370. The molecule has 0 atom stereocenters. The number of rotatable bonds is 8. The topological polar surface area (TPSA) is 199 Å². The number of nitrogens with zero attached hydrogens (tertiary/aromatic N) is 4. The molecule has 12 nitrogen and oxygen atoms in total. The van der Waals surface area contributed by atoms with Gasteiger partial charge in [0.25, 0.3) is 20.2 Å². The SMILES string of the molecule is O=S(=O)(O)c1cc(N=Nc2c(O)ccc3ccccc23)ccc1/C=C\c1ccc(N=Nc2c(O)ccc3ccccc23)cc1S(=O)(=O)O. The molecule has 6 aromatic rings. The summed E-state index contributed by atoms with van der Waals surface area (Å²) in [6, 6.07) is 28.3. The molecule has 6 rings (SSSR count). The molecule has 0 aliphatic rings. The van der Waals surface area contributed by atoms with Gasteiger partial charge in [0, 0.05) is 10.8 Å². The number of azo groups is 2. The minimum Gasteiger partial charge on any atom is -0.506 e. The van der Waals surface area contributed by atoms with E-state index < -0.39 is 30.0 Å². The normalized spacial score (nSPS) is 12.6. The van der Waals surface area contributed by atoms with Crippen LogP contribution in [0.2, 0.25) is 0 Å². The van der Waals surface area contributed by atoms with Crippen LogP contribution in [0.25, 0.3) is 33.7 Å². The molecule has 0 aromatic heterocycles. The highest BCUT2D eigenvalue weighted by molar-refractivity contribution is 7.86. The van der Waals surface area contributed by atoms with E-state index in [2.05, 4.69) is 20.5 Å². The molecule has 0 amide bonds. The molecule has 14 heteroatoms. The van der Waals surface area contributed by atoms with Crippen molar-refractivity contribution in [2.45, 2.75) is 9.79 Å². The van der Waals surface area contributed by atoms with Gasteiger partial charge in [-0.1, -0.05) is 84.9 Å². The first-order valence-electron chi connectivity index (χ1n) is 14.0. The van der Waals surface area contributed by atoms with E-state index >= 15 is 0 Å². The molecule has 6 aromatic carbocycles. The van der Waals surface area contributed by atoms with Gasteiger partial charge in [-0.2, -0.15) is 27.1 Å². The molecule has 0 aliphatic carbocycles. The fourth-order valence-corrected chi connectivity index (χ4v) is 6.39. The predicted octanol–water partition coefficient (Wildman–Crippen LogP) is 8.90. The van der Waals surface area contributed by atoms with E-state index in [1.54, 1.807) is 36.4 Å². The zero-order valence-corrected chi connectivity index (χ0v) is 26.2. The predicted molar refractivity (Wildman–Crippen MR) is 181 cm³/mol. The second kappa shape index (κ2) is 12.8.